The number of fused-ring (bicyclic) bond motifs is 1. The van der Waals surface area contributed by atoms with Gasteiger partial charge in [-0.15, -0.1) is 0 Å². The van der Waals surface area contributed by atoms with E-state index in [4.69, 9.17) is 11.6 Å². The Morgan fingerprint density at radius 3 is 2.50 bits per heavy atom. The SMILES string of the molecule is CN(C)c1ccc(Cl)cc1N=Cc1c(O)n(-c2ccccn2)c(=O)c2ccccc12. The van der Waals surface area contributed by atoms with E-state index in [1.165, 1.54) is 4.57 Å². The third-order valence-corrected chi connectivity index (χ3v) is 4.97. The lowest BCUT2D eigenvalue weighted by Crippen LogP contribution is -2.20. The minimum atomic E-state index is -0.351. The van der Waals surface area contributed by atoms with Gasteiger partial charge in [0.05, 0.1) is 16.9 Å². The Labute approximate surface area is 178 Å². The van der Waals surface area contributed by atoms with E-state index >= 15 is 0 Å². The van der Waals surface area contributed by atoms with Crippen molar-refractivity contribution in [1.82, 2.24) is 9.55 Å². The van der Waals surface area contributed by atoms with E-state index in [9.17, 15) is 9.90 Å². The average Bonchev–Trinajstić information content (AvgIpc) is 2.74. The highest BCUT2D eigenvalue weighted by Gasteiger charge is 2.17. The Hall–Kier alpha value is -3.64. The molecule has 150 valence electrons. The van der Waals surface area contributed by atoms with Crippen molar-refractivity contribution in [2.45, 2.75) is 0 Å². The largest absolute Gasteiger partial charge is 0.494 e. The molecule has 0 unspecified atom stereocenters. The van der Waals surface area contributed by atoms with Crippen molar-refractivity contribution in [3.63, 3.8) is 0 Å². The summed E-state index contributed by atoms with van der Waals surface area (Å²) in [6.45, 7) is 0. The molecule has 2 aromatic heterocycles. The molecule has 6 nitrogen and oxygen atoms in total. The molecule has 0 aliphatic carbocycles. The van der Waals surface area contributed by atoms with Crippen molar-refractivity contribution >= 4 is 40.0 Å². The zero-order chi connectivity index (χ0) is 21.3. The number of hydrogen-bond donors (Lipinski definition) is 1. The van der Waals surface area contributed by atoms with E-state index in [1.807, 2.05) is 31.1 Å². The summed E-state index contributed by atoms with van der Waals surface area (Å²) in [5.41, 5.74) is 1.58. The molecule has 0 atom stereocenters. The van der Waals surface area contributed by atoms with Crippen LogP contribution >= 0.6 is 11.6 Å². The number of hydrogen-bond acceptors (Lipinski definition) is 5. The number of nitrogens with zero attached hydrogens (tertiary/aromatic N) is 4. The van der Waals surface area contributed by atoms with Gasteiger partial charge < -0.3 is 10.0 Å². The van der Waals surface area contributed by atoms with Gasteiger partial charge in [0.25, 0.3) is 5.56 Å². The first-order valence-electron chi connectivity index (χ1n) is 9.26. The lowest BCUT2D eigenvalue weighted by atomic mass is 10.1. The molecule has 1 N–H and O–H groups in total. The van der Waals surface area contributed by atoms with Crippen LogP contribution in [0.2, 0.25) is 5.02 Å². The Morgan fingerprint density at radius 1 is 1.07 bits per heavy atom. The van der Waals surface area contributed by atoms with Crippen LogP contribution in [-0.4, -0.2) is 35.0 Å². The molecule has 0 fully saturated rings. The van der Waals surface area contributed by atoms with Gasteiger partial charge in [0.15, 0.2) is 0 Å². The summed E-state index contributed by atoms with van der Waals surface area (Å²) >= 11 is 6.16. The van der Waals surface area contributed by atoms with E-state index in [-0.39, 0.29) is 11.4 Å². The molecule has 0 aliphatic rings. The summed E-state index contributed by atoms with van der Waals surface area (Å²) in [4.78, 5) is 23.8. The van der Waals surface area contributed by atoms with Crippen LogP contribution in [-0.2, 0) is 0 Å². The molecule has 2 heterocycles. The van der Waals surface area contributed by atoms with Gasteiger partial charge in [-0.3, -0.25) is 9.79 Å². The standard InChI is InChI=1S/C23H19ClN4O2/c1-27(2)20-11-10-15(24)13-19(20)26-14-18-16-7-3-4-8-17(16)22(29)28(23(18)30)21-9-5-6-12-25-21/h3-14,30H,1-2H3. The van der Waals surface area contributed by atoms with Crippen molar-refractivity contribution < 1.29 is 5.11 Å². The fourth-order valence-corrected chi connectivity index (χ4v) is 3.47. The number of halogens is 1. The average molecular weight is 419 g/mol. The van der Waals surface area contributed by atoms with Crippen molar-refractivity contribution in [2.75, 3.05) is 19.0 Å². The maximum Gasteiger partial charge on any atom is 0.267 e. The topological polar surface area (TPSA) is 70.7 Å². The number of pyridine rings is 2. The number of rotatable bonds is 4. The van der Waals surface area contributed by atoms with Crippen LogP contribution in [0.5, 0.6) is 5.88 Å². The quantitative estimate of drug-likeness (QED) is 0.493. The van der Waals surface area contributed by atoms with E-state index in [0.717, 1.165) is 5.69 Å². The van der Waals surface area contributed by atoms with Crippen LogP contribution in [0, 0.1) is 0 Å². The van der Waals surface area contributed by atoms with Crippen molar-refractivity contribution in [3.8, 4) is 11.7 Å². The van der Waals surface area contributed by atoms with Gasteiger partial charge >= 0.3 is 0 Å². The predicted octanol–water partition coefficient (Wildman–Crippen LogP) is 4.56. The third kappa shape index (κ3) is 3.53. The summed E-state index contributed by atoms with van der Waals surface area (Å²) in [5, 5.41) is 12.6. The van der Waals surface area contributed by atoms with Crippen molar-refractivity contribution in [2.24, 2.45) is 4.99 Å². The van der Waals surface area contributed by atoms with Crippen LogP contribution in [0.3, 0.4) is 0 Å². The van der Waals surface area contributed by atoms with Gasteiger partial charge in [0.2, 0.25) is 5.88 Å². The van der Waals surface area contributed by atoms with Crippen LogP contribution in [0.15, 0.2) is 76.6 Å². The zero-order valence-corrected chi connectivity index (χ0v) is 17.2. The molecule has 7 heteroatoms. The van der Waals surface area contributed by atoms with Crippen LogP contribution in [0.4, 0.5) is 11.4 Å². The molecular weight excluding hydrogens is 400 g/mol. The van der Waals surface area contributed by atoms with E-state index in [0.29, 0.717) is 32.9 Å². The van der Waals surface area contributed by atoms with Crippen LogP contribution in [0.1, 0.15) is 5.56 Å². The Bertz CT molecular complexity index is 1310. The lowest BCUT2D eigenvalue weighted by Gasteiger charge is -2.15. The zero-order valence-electron chi connectivity index (χ0n) is 16.5. The first-order valence-corrected chi connectivity index (χ1v) is 9.64. The molecule has 4 aromatic rings. The normalized spacial score (nSPS) is 11.3. The van der Waals surface area contributed by atoms with Gasteiger partial charge in [0.1, 0.15) is 5.82 Å². The maximum absolute atomic E-state index is 13.1. The lowest BCUT2D eigenvalue weighted by molar-refractivity contribution is 0.435. The summed E-state index contributed by atoms with van der Waals surface area (Å²) in [5.74, 6) is 0.103. The first-order chi connectivity index (χ1) is 14.5. The van der Waals surface area contributed by atoms with Gasteiger partial charge in [-0.2, -0.15) is 0 Å². The molecule has 0 spiro atoms. The monoisotopic (exact) mass is 418 g/mol. The van der Waals surface area contributed by atoms with Gasteiger partial charge in [-0.1, -0.05) is 35.9 Å². The van der Waals surface area contributed by atoms with Crippen LogP contribution < -0.4 is 10.5 Å². The molecule has 4 rings (SSSR count). The predicted molar refractivity (Wildman–Crippen MR) is 122 cm³/mol. The molecule has 0 amide bonds. The first kappa shape index (κ1) is 19.7. The Morgan fingerprint density at radius 2 is 1.80 bits per heavy atom. The van der Waals surface area contributed by atoms with Crippen LogP contribution in [0.25, 0.3) is 16.6 Å². The molecule has 2 aromatic carbocycles. The second-order valence-electron chi connectivity index (χ2n) is 6.90. The van der Waals surface area contributed by atoms with E-state index in [1.54, 1.807) is 60.9 Å². The maximum atomic E-state index is 13.1. The summed E-state index contributed by atoms with van der Waals surface area (Å²) < 4.78 is 1.19. The van der Waals surface area contributed by atoms with Gasteiger partial charge in [-0.25, -0.2) is 9.55 Å². The number of aliphatic imine (C=N–C) groups is 1. The summed E-state index contributed by atoms with van der Waals surface area (Å²) in [6, 6.07) is 17.7. The molecule has 0 bridgehead atoms. The summed E-state index contributed by atoms with van der Waals surface area (Å²) in [6.07, 6.45) is 3.12. The minimum Gasteiger partial charge on any atom is -0.494 e. The molecule has 0 aliphatic heterocycles. The van der Waals surface area contributed by atoms with Crippen molar-refractivity contribution in [3.05, 3.63) is 87.8 Å². The number of anilines is 1. The Kier molecular flexibility index (Phi) is 5.25. The van der Waals surface area contributed by atoms with Gasteiger partial charge in [0, 0.05) is 42.3 Å². The highest BCUT2D eigenvalue weighted by Crippen LogP contribution is 2.31. The van der Waals surface area contributed by atoms with Crippen molar-refractivity contribution in [1.29, 1.82) is 0 Å². The number of aromatic nitrogens is 2. The third-order valence-electron chi connectivity index (χ3n) is 4.73. The van der Waals surface area contributed by atoms with E-state index in [2.05, 4.69) is 9.98 Å². The number of benzene rings is 2. The molecule has 0 saturated heterocycles. The molecule has 0 saturated carbocycles. The molecule has 0 radical (unpaired) electrons. The minimum absolute atomic E-state index is 0.227. The second kappa shape index (κ2) is 8.00. The highest BCUT2D eigenvalue weighted by atomic mass is 35.5. The Balaban J connectivity index is 1.97. The number of aromatic hydroxyl groups is 1. The fraction of sp³-hybridized carbons (Fsp3) is 0.0870. The fourth-order valence-electron chi connectivity index (χ4n) is 3.30. The van der Waals surface area contributed by atoms with Gasteiger partial charge in [-0.05, 0) is 36.4 Å². The molecule has 30 heavy (non-hydrogen) atoms. The summed E-state index contributed by atoms with van der Waals surface area (Å²) in [7, 11) is 3.83. The highest BCUT2D eigenvalue weighted by molar-refractivity contribution is 6.31. The van der Waals surface area contributed by atoms with E-state index < -0.39 is 0 Å². The second-order valence-corrected chi connectivity index (χ2v) is 7.33. The smallest absolute Gasteiger partial charge is 0.267 e. The molecular formula is C23H19ClN4O2.